The van der Waals surface area contributed by atoms with Crippen molar-refractivity contribution in [1.29, 1.82) is 0 Å². The van der Waals surface area contributed by atoms with Gasteiger partial charge < -0.3 is 10.1 Å². The topological polar surface area (TPSA) is 63.6 Å². The van der Waals surface area contributed by atoms with E-state index in [4.69, 9.17) is 4.74 Å². The lowest BCUT2D eigenvalue weighted by molar-refractivity contribution is -0.115. The highest BCUT2D eigenvalue weighted by atomic mass is 32.2. The second-order valence-corrected chi connectivity index (χ2v) is 7.21. The number of benzene rings is 1. The van der Waals surface area contributed by atoms with Crippen molar-refractivity contribution in [3.05, 3.63) is 44.7 Å². The molecule has 1 N–H and O–H groups in total. The molecule has 0 bridgehead atoms. The summed E-state index contributed by atoms with van der Waals surface area (Å²) in [5.41, 5.74) is 1.80. The molecule has 0 aliphatic carbocycles. The number of aliphatic imine (C=N–C) groups is 1. The number of aromatic nitrogens is 1. The number of amides is 1. The summed E-state index contributed by atoms with van der Waals surface area (Å²) in [5, 5.41) is 4.35. The van der Waals surface area contributed by atoms with Gasteiger partial charge in [0.25, 0.3) is 5.91 Å². The number of nitrogens with zero attached hydrogens (tertiary/aromatic N) is 2. The minimum atomic E-state index is -0.133. The Bertz CT molecular complexity index is 824. The number of aryl methyl sites for hydroxylation is 2. The molecule has 0 radical (unpaired) electrons. The average Bonchev–Trinajstić information content (AvgIpc) is 3.08. The van der Waals surface area contributed by atoms with Gasteiger partial charge in [-0.15, -0.1) is 11.3 Å². The van der Waals surface area contributed by atoms with Crippen LogP contribution < -0.4 is 10.1 Å². The predicted molar refractivity (Wildman–Crippen MR) is 95.4 cm³/mol. The number of methoxy groups -OCH3 is 1. The van der Waals surface area contributed by atoms with Gasteiger partial charge in [-0.3, -0.25) is 4.79 Å². The normalized spacial score (nSPS) is 17.8. The van der Waals surface area contributed by atoms with E-state index < -0.39 is 0 Å². The number of hydrogen-bond acceptors (Lipinski definition) is 6. The summed E-state index contributed by atoms with van der Waals surface area (Å²) in [6.07, 6.45) is 3.61. The molecule has 5 nitrogen and oxygen atoms in total. The van der Waals surface area contributed by atoms with Crippen LogP contribution in [0.25, 0.3) is 6.08 Å². The SMILES string of the molecule is COc1ccc(N=C2NC(=O)/C(=C/c3cnc(C)s3)S2)c(C)c1. The van der Waals surface area contributed by atoms with Crippen LogP contribution in [0.5, 0.6) is 5.75 Å². The van der Waals surface area contributed by atoms with Gasteiger partial charge in [0.15, 0.2) is 5.17 Å². The molecule has 1 amide bonds. The summed E-state index contributed by atoms with van der Waals surface area (Å²) in [7, 11) is 1.63. The van der Waals surface area contributed by atoms with Crippen molar-refractivity contribution in [3.8, 4) is 5.75 Å². The smallest absolute Gasteiger partial charge is 0.264 e. The van der Waals surface area contributed by atoms with Crippen molar-refractivity contribution >= 4 is 45.9 Å². The maximum absolute atomic E-state index is 12.1. The van der Waals surface area contributed by atoms with E-state index in [1.807, 2.05) is 38.1 Å². The van der Waals surface area contributed by atoms with Gasteiger partial charge >= 0.3 is 0 Å². The molecule has 1 saturated heterocycles. The molecule has 2 aromatic rings. The van der Waals surface area contributed by atoms with Gasteiger partial charge in [-0.1, -0.05) is 0 Å². The molecule has 23 heavy (non-hydrogen) atoms. The second kappa shape index (κ2) is 6.55. The molecule has 7 heteroatoms. The molecule has 3 rings (SSSR count). The largest absolute Gasteiger partial charge is 0.497 e. The van der Waals surface area contributed by atoms with Gasteiger partial charge in [-0.2, -0.15) is 0 Å². The fraction of sp³-hybridized carbons (Fsp3) is 0.188. The average molecular weight is 345 g/mol. The Morgan fingerprint density at radius 1 is 1.35 bits per heavy atom. The molecule has 1 aromatic heterocycles. The van der Waals surface area contributed by atoms with Gasteiger partial charge in [0.1, 0.15) is 5.75 Å². The van der Waals surface area contributed by atoms with Crippen LogP contribution >= 0.6 is 23.1 Å². The van der Waals surface area contributed by atoms with E-state index in [9.17, 15) is 4.79 Å². The number of hydrogen-bond donors (Lipinski definition) is 1. The van der Waals surface area contributed by atoms with E-state index in [1.165, 1.54) is 11.8 Å². The number of carbonyl (C=O) groups excluding carboxylic acids is 1. The summed E-state index contributed by atoms with van der Waals surface area (Å²) in [6, 6.07) is 5.64. The summed E-state index contributed by atoms with van der Waals surface area (Å²) in [4.78, 5) is 22.3. The van der Waals surface area contributed by atoms with Gasteiger partial charge in [0.05, 0.1) is 22.7 Å². The van der Waals surface area contributed by atoms with Crippen LogP contribution in [-0.2, 0) is 4.79 Å². The van der Waals surface area contributed by atoms with Crippen LogP contribution in [0.4, 0.5) is 5.69 Å². The summed E-state index contributed by atoms with van der Waals surface area (Å²) in [5.74, 6) is 0.654. The van der Waals surface area contributed by atoms with E-state index >= 15 is 0 Å². The van der Waals surface area contributed by atoms with Gasteiger partial charge in [0.2, 0.25) is 0 Å². The minimum Gasteiger partial charge on any atom is -0.497 e. The lowest BCUT2D eigenvalue weighted by atomic mass is 10.2. The zero-order valence-corrected chi connectivity index (χ0v) is 14.5. The molecule has 0 saturated carbocycles. The Labute approximate surface area is 142 Å². The Morgan fingerprint density at radius 2 is 2.17 bits per heavy atom. The number of carbonyl (C=O) groups is 1. The number of rotatable bonds is 3. The van der Waals surface area contributed by atoms with E-state index in [0.717, 1.165) is 26.9 Å². The van der Waals surface area contributed by atoms with E-state index in [2.05, 4.69) is 15.3 Å². The van der Waals surface area contributed by atoms with Crippen LogP contribution in [-0.4, -0.2) is 23.2 Å². The van der Waals surface area contributed by atoms with Gasteiger partial charge in [0, 0.05) is 11.1 Å². The van der Waals surface area contributed by atoms with E-state index in [1.54, 1.807) is 24.6 Å². The van der Waals surface area contributed by atoms with Crippen molar-refractivity contribution in [3.63, 3.8) is 0 Å². The van der Waals surface area contributed by atoms with Crippen molar-refractivity contribution in [2.24, 2.45) is 4.99 Å². The van der Waals surface area contributed by atoms with Crippen LogP contribution in [0.15, 0.2) is 34.3 Å². The molecule has 118 valence electrons. The Balaban J connectivity index is 1.83. The van der Waals surface area contributed by atoms with Gasteiger partial charge in [-0.25, -0.2) is 9.98 Å². The van der Waals surface area contributed by atoms with E-state index in [-0.39, 0.29) is 5.91 Å². The van der Waals surface area contributed by atoms with Crippen molar-refractivity contribution in [2.75, 3.05) is 7.11 Å². The lowest BCUT2D eigenvalue weighted by Crippen LogP contribution is -2.19. The quantitative estimate of drug-likeness (QED) is 0.862. The monoisotopic (exact) mass is 345 g/mol. The van der Waals surface area contributed by atoms with Crippen LogP contribution in [0.1, 0.15) is 15.4 Å². The first-order valence-electron chi connectivity index (χ1n) is 6.92. The summed E-state index contributed by atoms with van der Waals surface area (Å²) < 4.78 is 5.19. The molecule has 0 atom stereocenters. The maximum Gasteiger partial charge on any atom is 0.264 e. The van der Waals surface area contributed by atoms with Crippen molar-refractivity contribution in [2.45, 2.75) is 13.8 Å². The number of thiazole rings is 1. The third-order valence-electron chi connectivity index (χ3n) is 3.19. The highest BCUT2D eigenvalue weighted by molar-refractivity contribution is 8.18. The zero-order chi connectivity index (χ0) is 16.4. The molecule has 2 heterocycles. The first-order valence-corrected chi connectivity index (χ1v) is 8.55. The minimum absolute atomic E-state index is 0.133. The standard InChI is InChI=1S/C16H15N3O2S2/c1-9-6-11(21-3)4-5-13(9)18-16-19-15(20)14(23-16)7-12-8-17-10(2)22-12/h4-8H,1-3H3,(H,18,19,20)/b14-7-. The molecule has 1 aromatic carbocycles. The zero-order valence-electron chi connectivity index (χ0n) is 12.9. The first kappa shape index (κ1) is 15.8. The Hall–Kier alpha value is -2.12. The van der Waals surface area contributed by atoms with Crippen LogP contribution in [0.2, 0.25) is 0 Å². The lowest BCUT2D eigenvalue weighted by Gasteiger charge is -2.04. The molecule has 0 unspecified atom stereocenters. The van der Waals surface area contributed by atoms with E-state index in [0.29, 0.717) is 10.1 Å². The second-order valence-electron chi connectivity index (χ2n) is 4.92. The Morgan fingerprint density at radius 3 is 2.83 bits per heavy atom. The molecular formula is C16H15N3O2S2. The number of ether oxygens (including phenoxy) is 1. The molecule has 1 aliphatic heterocycles. The summed E-state index contributed by atoms with van der Waals surface area (Å²) >= 11 is 2.89. The molecular weight excluding hydrogens is 330 g/mol. The fourth-order valence-electron chi connectivity index (χ4n) is 2.04. The van der Waals surface area contributed by atoms with Crippen LogP contribution in [0, 0.1) is 13.8 Å². The highest BCUT2D eigenvalue weighted by Crippen LogP contribution is 2.31. The summed E-state index contributed by atoms with van der Waals surface area (Å²) in [6.45, 7) is 3.90. The third kappa shape index (κ3) is 3.62. The first-order chi connectivity index (χ1) is 11.0. The van der Waals surface area contributed by atoms with Crippen molar-refractivity contribution < 1.29 is 9.53 Å². The Kier molecular flexibility index (Phi) is 4.49. The van der Waals surface area contributed by atoms with Crippen LogP contribution in [0.3, 0.4) is 0 Å². The predicted octanol–water partition coefficient (Wildman–Crippen LogP) is 3.66. The van der Waals surface area contributed by atoms with Crippen molar-refractivity contribution in [1.82, 2.24) is 10.3 Å². The number of amidine groups is 1. The number of thioether (sulfide) groups is 1. The maximum atomic E-state index is 12.1. The molecule has 1 aliphatic rings. The fourth-order valence-corrected chi connectivity index (χ4v) is 3.67. The molecule has 1 fully saturated rings. The third-order valence-corrected chi connectivity index (χ3v) is 4.96. The molecule has 0 spiro atoms. The number of nitrogens with one attached hydrogen (secondary N) is 1. The highest BCUT2D eigenvalue weighted by Gasteiger charge is 2.24. The van der Waals surface area contributed by atoms with Gasteiger partial charge in [-0.05, 0) is 55.4 Å².